The highest BCUT2D eigenvalue weighted by Gasteiger charge is 2.14. The Morgan fingerprint density at radius 1 is 1.17 bits per heavy atom. The monoisotopic (exact) mass is 372 g/mol. The van der Waals surface area contributed by atoms with Crippen LogP contribution in [0, 0.1) is 0 Å². The Labute approximate surface area is 153 Å². The van der Waals surface area contributed by atoms with Crippen LogP contribution in [0.15, 0.2) is 64.1 Å². The van der Waals surface area contributed by atoms with E-state index >= 15 is 0 Å². The second kappa shape index (κ2) is 7.05. The molecule has 0 atom stereocenters. The Hall–Kier alpha value is -1.69. The Morgan fingerprint density at radius 2 is 2.08 bits per heavy atom. The van der Waals surface area contributed by atoms with Crippen LogP contribution >= 0.6 is 35.1 Å². The van der Waals surface area contributed by atoms with Crippen molar-refractivity contribution in [3.8, 4) is 11.3 Å². The quantitative estimate of drug-likeness (QED) is 0.551. The molecule has 6 heteroatoms. The predicted molar refractivity (Wildman–Crippen MR) is 103 cm³/mol. The van der Waals surface area contributed by atoms with Gasteiger partial charge in [-0.25, -0.2) is 9.98 Å². The summed E-state index contributed by atoms with van der Waals surface area (Å²) < 4.78 is 6.88. The zero-order valence-corrected chi connectivity index (χ0v) is 15.0. The fourth-order valence-corrected chi connectivity index (χ4v) is 4.47. The van der Waals surface area contributed by atoms with Crippen LogP contribution in [-0.2, 0) is 11.5 Å². The number of oxazole rings is 1. The third-order valence-electron chi connectivity index (χ3n) is 3.54. The van der Waals surface area contributed by atoms with Crippen molar-refractivity contribution >= 4 is 45.2 Å². The standard InChI is InChI=1S/C18H13ClN2OS2/c19-14-6-3-5-12(8-14)16-9-20-17(22-16)11-24-18-21-15-7-2-1-4-13(15)10-23-18/h1-9H,10-11H2. The summed E-state index contributed by atoms with van der Waals surface area (Å²) in [5.41, 5.74) is 3.28. The number of aromatic nitrogens is 1. The number of fused-ring (bicyclic) bond motifs is 1. The van der Waals surface area contributed by atoms with Gasteiger partial charge in [0.2, 0.25) is 5.89 Å². The maximum Gasteiger partial charge on any atom is 0.205 e. The lowest BCUT2D eigenvalue weighted by Crippen LogP contribution is -1.96. The van der Waals surface area contributed by atoms with Gasteiger partial charge < -0.3 is 4.42 Å². The topological polar surface area (TPSA) is 38.4 Å². The summed E-state index contributed by atoms with van der Waals surface area (Å²) in [6.07, 6.45) is 1.74. The fourth-order valence-electron chi connectivity index (χ4n) is 2.36. The van der Waals surface area contributed by atoms with Crippen LogP contribution in [0.25, 0.3) is 11.3 Å². The van der Waals surface area contributed by atoms with Gasteiger partial charge in [-0.1, -0.05) is 65.5 Å². The molecule has 0 unspecified atom stereocenters. The van der Waals surface area contributed by atoms with Gasteiger partial charge in [0, 0.05) is 16.3 Å². The van der Waals surface area contributed by atoms with Crippen LogP contribution in [0.5, 0.6) is 0 Å². The molecular formula is C18H13ClN2OS2. The SMILES string of the molecule is Clc1cccc(-c2cnc(CSC3=Nc4ccccc4CS3)o2)c1. The van der Waals surface area contributed by atoms with Crippen LogP contribution in [0.2, 0.25) is 5.02 Å². The Kier molecular flexibility index (Phi) is 4.65. The molecule has 0 saturated carbocycles. The van der Waals surface area contributed by atoms with Gasteiger partial charge in [0.05, 0.1) is 17.6 Å². The summed E-state index contributed by atoms with van der Waals surface area (Å²) in [6, 6.07) is 15.8. The fraction of sp³-hybridized carbons (Fsp3) is 0.111. The molecule has 0 aliphatic carbocycles. The van der Waals surface area contributed by atoms with Crippen molar-refractivity contribution in [3.63, 3.8) is 0 Å². The van der Waals surface area contributed by atoms with Crippen molar-refractivity contribution in [1.29, 1.82) is 0 Å². The number of aliphatic imine (C=N–C) groups is 1. The van der Waals surface area contributed by atoms with E-state index in [4.69, 9.17) is 21.0 Å². The molecule has 0 spiro atoms. The van der Waals surface area contributed by atoms with Gasteiger partial charge in [0.1, 0.15) is 4.38 Å². The van der Waals surface area contributed by atoms with Crippen molar-refractivity contribution < 1.29 is 4.42 Å². The van der Waals surface area contributed by atoms with E-state index in [-0.39, 0.29) is 0 Å². The molecule has 120 valence electrons. The molecule has 3 nitrogen and oxygen atoms in total. The van der Waals surface area contributed by atoms with Crippen LogP contribution < -0.4 is 0 Å². The van der Waals surface area contributed by atoms with E-state index in [1.807, 2.05) is 30.3 Å². The minimum atomic E-state index is 0.661. The van der Waals surface area contributed by atoms with Gasteiger partial charge in [-0.15, -0.1) is 0 Å². The van der Waals surface area contributed by atoms with Gasteiger partial charge in [0.15, 0.2) is 5.76 Å². The lowest BCUT2D eigenvalue weighted by atomic mass is 10.2. The van der Waals surface area contributed by atoms with Gasteiger partial charge in [-0.2, -0.15) is 0 Å². The molecule has 24 heavy (non-hydrogen) atoms. The molecule has 1 aromatic heterocycles. The smallest absolute Gasteiger partial charge is 0.205 e. The molecule has 0 N–H and O–H groups in total. The number of halogens is 1. The first kappa shape index (κ1) is 15.8. The molecule has 0 bridgehead atoms. The average molecular weight is 373 g/mol. The molecule has 0 amide bonds. The number of hydrogen-bond acceptors (Lipinski definition) is 5. The van der Waals surface area contributed by atoms with Gasteiger partial charge in [-0.05, 0) is 23.8 Å². The second-order valence-electron chi connectivity index (χ2n) is 5.21. The third-order valence-corrected chi connectivity index (χ3v) is 6.00. The minimum absolute atomic E-state index is 0.661. The van der Waals surface area contributed by atoms with Crippen LogP contribution in [0.3, 0.4) is 0 Å². The highest BCUT2D eigenvalue weighted by Crippen LogP contribution is 2.35. The summed E-state index contributed by atoms with van der Waals surface area (Å²) >= 11 is 9.43. The van der Waals surface area contributed by atoms with Gasteiger partial charge in [0.25, 0.3) is 0 Å². The molecule has 3 aromatic rings. The largest absolute Gasteiger partial charge is 0.440 e. The summed E-state index contributed by atoms with van der Waals surface area (Å²) in [7, 11) is 0. The Balaban J connectivity index is 1.45. The van der Waals surface area contributed by atoms with Crippen LogP contribution in [-0.4, -0.2) is 9.36 Å². The van der Waals surface area contributed by atoms with Crippen molar-refractivity contribution in [2.75, 3.05) is 0 Å². The lowest BCUT2D eigenvalue weighted by molar-refractivity contribution is 0.530. The summed E-state index contributed by atoms with van der Waals surface area (Å²) in [5, 5.41) is 0.687. The van der Waals surface area contributed by atoms with Crippen LogP contribution in [0.4, 0.5) is 5.69 Å². The lowest BCUT2D eigenvalue weighted by Gasteiger charge is -2.13. The van der Waals surface area contributed by atoms with Gasteiger partial charge in [-0.3, -0.25) is 0 Å². The van der Waals surface area contributed by atoms with E-state index in [0.29, 0.717) is 16.7 Å². The zero-order valence-electron chi connectivity index (χ0n) is 12.6. The Bertz CT molecular complexity index is 907. The van der Waals surface area contributed by atoms with E-state index in [1.54, 1.807) is 29.7 Å². The maximum atomic E-state index is 6.02. The molecule has 2 aromatic carbocycles. The molecular weight excluding hydrogens is 360 g/mol. The predicted octanol–water partition coefficient (Wildman–Crippen LogP) is 6.16. The summed E-state index contributed by atoms with van der Waals surface area (Å²) in [5.74, 6) is 3.05. The zero-order chi connectivity index (χ0) is 16.4. The first-order valence-electron chi connectivity index (χ1n) is 7.41. The summed E-state index contributed by atoms with van der Waals surface area (Å²) in [4.78, 5) is 9.05. The Morgan fingerprint density at radius 3 is 3.00 bits per heavy atom. The van der Waals surface area contributed by atoms with Crippen molar-refractivity contribution in [2.45, 2.75) is 11.5 Å². The number of benzene rings is 2. The van der Waals surface area contributed by atoms with E-state index in [0.717, 1.165) is 27.1 Å². The van der Waals surface area contributed by atoms with Crippen LogP contribution in [0.1, 0.15) is 11.5 Å². The van der Waals surface area contributed by atoms with Crippen molar-refractivity contribution in [2.24, 2.45) is 4.99 Å². The minimum Gasteiger partial charge on any atom is -0.440 e. The average Bonchev–Trinajstić information content (AvgIpc) is 3.09. The van der Waals surface area contributed by atoms with E-state index in [9.17, 15) is 0 Å². The van der Waals surface area contributed by atoms with E-state index < -0.39 is 0 Å². The van der Waals surface area contributed by atoms with E-state index in [1.165, 1.54) is 5.56 Å². The second-order valence-corrected chi connectivity index (χ2v) is 7.84. The molecule has 2 heterocycles. The first-order chi connectivity index (χ1) is 11.8. The highest BCUT2D eigenvalue weighted by atomic mass is 35.5. The van der Waals surface area contributed by atoms with E-state index in [2.05, 4.69) is 23.2 Å². The number of nitrogens with zero attached hydrogens (tertiary/aromatic N) is 2. The third kappa shape index (κ3) is 3.53. The first-order valence-corrected chi connectivity index (χ1v) is 9.76. The summed E-state index contributed by atoms with van der Waals surface area (Å²) in [6.45, 7) is 0. The highest BCUT2D eigenvalue weighted by molar-refractivity contribution is 8.38. The van der Waals surface area contributed by atoms with Crippen molar-refractivity contribution in [3.05, 3.63) is 71.2 Å². The molecule has 0 fully saturated rings. The molecule has 0 saturated heterocycles. The maximum absolute atomic E-state index is 6.02. The molecule has 0 radical (unpaired) electrons. The number of hydrogen-bond donors (Lipinski definition) is 0. The molecule has 4 rings (SSSR count). The van der Waals surface area contributed by atoms with Crippen molar-refractivity contribution in [1.82, 2.24) is 4.98 Å². The van der Waals surface area contributed by atoms with Gasteiger partial charge >= 0.3 is 0 Å². The number of thioether (sulfide) groups is 2. The number of para-hydroxylation sites is 1. The molecule has 1 aliphatic heterocycles. The molecule has 1 aliphatic rings. The normalized spacial score (nSPS) is 13.5. The number of rotatable bonds is 3.